The van der Waals surface area contributed by atoms with Crippen LogP contribution in [0, 0.1) is 17.2 Å². The second-order valence-corrected chi connectivity index (χ2v) is 5.83. The predicted molar refractivity (Wildman–Crippen MR) is 86.7 cm³/mol. The van der Waals surface area contributed by atoms with Crippen LogP contribution in [0.2, 0.25) is 0 Å². The molecule has 0 saturated carbocycles. The minimum atomic E-state index is 0.696. The summed E-state index contributed by atoms with van der Waals surface area (Å²) in [7, 11) is 0. The maximum atomic E-state index is 8.88. The fourth-order valence-corrected chi connectivity index (χ4v) is 2.37. The summed E-state index contributed by atoms with van der Waals surface area (Å²) in [6, 6.07) is 18.7. The first-order chi connectivity index (χ1) is 10.2. The van der Waals surface area contributed by atoms with Gasteiger partial charge in [-0.3, -0.25) is 0 Å². The van der Waals surface area contributed by atoms with E-state index in [4.69, 9.17) is 5.26 Å². The lowest BCUT2D eigenvalue weighted by atomic mass is 10.0. The molecule has 2 nitrogen and oxygen atoms in total. The summed E-state index contributed by atoms with van der Waals surface area (Å²) in [4.78, 5) is 0. The van der Waals surface area contributed by atoms with Gasteiger partial charge >= 0.3 is 0 Å². The normalized spacial score (nSPS) is 10.6. The van der Waals surface area contributed by atoms with Gasteiger partial charge in [-0.2, -0.15) is 5.26 Å². The lowest BCUT2D eigenvalue weighted by Crippen LogP contribution is -2.12. The summed E-state index contributed by atoms with van der Waals surface area (Å²) < 4.78 is 0. The molecule has 0 unspecified atom stereocenters. The number of benzene rings is 2. The third-order valence-electron chi connectivity index (χ3n) is 3.38. The van der Waals surface area contributed by atoms with Crippen LogP contribution >= 0.6 is 0 Å². The Hall–Kier alpha value is -2.11. The van der Waals surface area contributed by atoms with Gasteiger partial charge in [-0.25, -0.2) is 0 Å². The number of hydrogen-bond acceptors (Lipinski definition) is 2. The molecule has 0 heterocycles. The van der Waals surface area contributed by atoms with Crippen molar-refractivity contribution >= 4 is 0 Å². The first kappa shape index (κ1) is 15.3. The van der Waals surface area contributed by atoms with Crippen LogP contribution in [0.3, 0.4) is 0 Å². The van der Waals surface area contributed by atoms with Gasteiger partial charge in [0.2, 0.25) is 0 Å². The van der Waals surface area contributed by atoms with Crippen LogP contribution in [-0.4, -0.2) is 0 Å². The quantitative estimate of drug-likeness (QED) is 0.865. The molecule has 2 aromatic rings. The van der Waals surface area contributed by atoms with Crippen molar-refractivity contribution in [1.29, 1.82) is 5.26 Å². The summed E-state index contributed by atoms with van der Waals surface area (Å²) in [5.74, 6) is 0.696. The molecule has 2 rings (SSSR count). The number of nitriles is 1. The van der Waals surface area contributed by atoms with Gasteiger partial charge in [-0.1, -0.05) is 50.2 Å². The Labute approximate surface area is 127 Å². The Kier molecular flexibility index (Phi) is 5.54. The van der Waals surface area contributed by atoms with Crippen LogP contribution in [0.5, 0.6) is 0 Å². The number of hydrogen-bond donors (Lipinski definition) is 1. The van der Waals surface area contributed by atoms with Crippen molar-refractivity contribution < 1.29 is 0 Å². The predicted octanol–water partition coefficient (Wildman–Crippen LogP) is 4.05. The summed E-state index contributed by atoms with van der Waals surface area (Å²) in [5.41, 5.74) is 4.55. The highest BCUT2D eigenvalue weighted by molar-refractivity contribution is 5.32. The van der Waals surface area contributed by atoms with Crippen LogP contribution in [0.4, 0.5) is 0 Å². The van der Waals surface area contributed by atoms with Crippen molar-refractivity contribution in [2.75, 3.05) is 0 Å². The average Bonchev–Trinajstić information content (AvgIpc) is 2.49. The SMILES string of the molecule is CC(C)Cc1ccc(CNCc2cccc(C#N)c2)cc1. The van der Waals surface area contributed by atoms with E-state index in [-0.39, 0.29) is 0 Å². The molecule has 0 bridgehead atoms. The molecule has 2 aromatic carbocycles. The van der Waals surface area contributed by atoms with Crippen molar-refractivity contribution in [3.05, 3.63) is 70.8 Å². The zero-order chi connectivity index (χ0) is 15.1. The molecule has 108 valence electrons. The maximum absolute atomic E-state index is 8.88. The lowest BCUT2D eigenvalue weighted by molar-refractivity contribution is 0.646. The first-order valence-corrected chi connectivity index (χ1v) is 7.45. The number of rotatable bonds is 6. The van der Waals surface area contributed by atoms with E-state index < -0.39 is 0 Å². The van der Waals surface area contributed by atoms with Gasteiger partial charge in [0.25, 0.3) is 0 Å². The lowest BCUT2D eigenvalue weighted by Gasteiger charge is -2.08. The average molecular weight is 278 g/mol. The minimum Gasteiger partial charge on any atom is -0.309 e. The topological polar surface area (TPSA) is 35.8 Å². The van der Waals surface area contributed by atoms with E-state index in [1.54, 1.807) is 0 Å². The fraction of sp³-hybridized carbons (Fsp3) is 0.316. The van der Waals surface area contributed by atoms with Gasteiger partial charge in [-0.05, 0) is 41.2 Å². The van der Waals surface area contributed by atoms with Crippen LogP contribution in [0.1, 0.15) is 36.1 Å². The first-order valence-electron chi connectivity index (χ1n) is 7.45. The highest BCUT2D eigenvalue weighted by atomic mass is 14.8. The molecule has 0 saturated heterocycles. The maximum Gasteiger partial charge on any atom is 0.0991 e. The van der Waals surface area contributed by atoms with E-state index in [2.05, 4.69) is 49.5 Å². The van der Waals surface area contributed by atoms with E-state index in [1.165, 1.54) is 11.1 Å². The van der Waals surface area contributed by atoms with Gasteiger partial charge in [0, 0.05) is 13.1 Å². The van der Waals surface area contributed by atoms with Crippen LogP contribution in [0.25, 0.3) is 0 Å². The van der Waals surface area contributed by atoms with Crippen molar-refractivity contribution in [3.8, 4) is 6.07 Å². The zero-order valence-electron chi connectivity index (χ0n) is 12.8. The van der Waals surface area contributed by atoms with Crippen molar-refractivity contribution in [3.63, 3.8) is 0 Å². The van der Waals surface area contributed by atoms with Crippen molar-refractivity contribution in [2.24, 2.45) is 5.92 Å². The highest BCUT2D eigenvalue weighted by Gasteiger charge is 1.99. The molecule has 0 aliphatic heterocycles. The molecule has 0 atom stereocenters. The zero-order valence-corrected chi connectivity index (χ0v) is 12.8. The van der Waals surface area contributed by atoms with E-state index in [0.717, 1.165) is 25.1 Å². The van der Waals surface area contributed by atoms with Gasteiger partial charge in [0.15, 0.2) is 0 Å². The molecular weight excluding hydrogens is 256 g/mol. The molecule has 0 aromatic heterocycles. The fourth-order valence-electron chi connectivity index (χ4n) is 2.37. The highest BCUT2D eigenvalue weighted by Crippen LogP contribution is 2.10. The largest absolute Gasteiger partial charge is 0.309 e. The molecule has 1 N–H and O–H groups in total. The van der Waals surface area contributed by atoms with Crippen molar-refractivity contribution in [1.82, 2.24) is 5.32 Å². The Bertz CT molecular complexity index is 606. The Morgan fingerprint density at radius 2 is 1.62 bits per heavy atom. The minimum absolute atomic E-state index is 0.696. The van der Waals surface area contributed by atoms with Crippen LogP contribution < -0.4 is 5.32 Å². The summed E-state index contributed by atoms with van der Waals surface area (Å²) in [6.45, 7) is 6.11. The molecule has 0 spiro atoms. The Morgan fingerprint density at radius 1 is 0.952 bits per heavy atom. The van der Waals surface area contributed by atoms with E-state index in [1.807, 2.05) is 24.3 Å². The second kappa shape index (κ2) is 7.61. The molecule has 0 fully saturated rings. The van der Waals surface area contributed by atoms with Gasteiger partial charge in [0.1, 0.15) is 0 Å². The molecular formula is C19H22N2. The number of nitrogens with zero attached hydrogens (tertiary/aromatic N) is 1. The van der Waals surface area contributed by atoms with Crippen molar-refractivity contribution in [2.45, 2.75) is 33.4 Å². The van der Waals surface area contributed by atoms with Gasteiger partial charge < -0.3 is 5.32 Å². The molecule has 0 aliphatic rings. The van der Waals surface area contributed by atoms with Crippen LogP contribution in [0.15, 0.2) is 48.5 Å². The summed E-state index contributed by atoms with van der Waals surface area (Å²) in [6.07, 6.45) is 1.13. The van der Waals surface area contributed by atoms with E-state index in [9.17, 15) is 0 Å². The molecule has 0 aliphatic carbocycles. The summed E-state index contributed by atoms with van der Waals surface area (Å²) >= 11 is 0. The van der Waals surface area contributed by atoms with Gasteiger partial charge in [-0.15, -0.1) is 0 Å². The Balaban J connectivity index is 1.84. The van der Waals surface area contributed by atoms with Gasteiger partial charge in [0.05, 0.1) is 11.6 Å². The van der Waals surface area contributed by atoms with E-state index in [0.29, 0.717) is 11.5 Å². The molecule has 0 amide bonds. The number of nitrogens with one attached hydrogen (secondary N) is 1. The summed E-state index contributed by atoms with van der Waals surface area (Å²) in [5, 5.41) is 12.3. The van der Waals surface area contributed by atoms with E-state index >= 15 is 0 Å². The smallest absolute Gasteiger partial charge is 0.0991 e. The molecule has 2 heteroatoms. The van der Waals surface area contributed by atoms with Crippen LogP contribution in [-0.2, 0) is 19.5 Å². The molecule has 21 heavy (non-hydrogen) atoms. The third kappa shape index (κ3) is 5.06. The second-order valence-electron chi connectivity index (χ2n) is 5.83. The standard InChI is InChI=1S/C19H22N2/c1-15(2)10-16-6-8-17(9-7-16)13-21-14-19-5-3-4-18(11-19)12-20/h3-9,11,15,21H,10,13-14H2,1-2H3. The molecule has 0 radical (unpaired) electrons. The monoisotopic (exact) mass is 278 g/mol. The third-order valence-corrected chi connectivity index (χ3v) is 3.38. The Morgan fingerprint density at radius 3 is 2.29 bits per heavy atom.